The number of ether oxygens (including phenoxy) is 3. The highest BCUT2D eigenvalue weighted by atomic mass is 16.5. The van der Waals surface area contributed by atoms with Gasteiger partial charge in [0.2, 0.25) is 0 Å². The molecule has 1 aliphatic carbocycles. The van der Waals surface area contributed by atoms with Crippen LogP contribution in [-0.4, -0.2) is 33.0 Å². The van der Waals surface area contributed by atoms with Gasteiger partial charge in [-0.05, 0) is 25.3 Å². The van der Waals surface area contributed by atoms with Gasteiger partial charge in [0.15, 0.2) is 11.5 Å². The molecule has 0 aliphatic heterocycles. The lowest BCUT2D eigenvalue weighted by Gasteiger charge is -2.15. The molecule has 2 rings (SSSR count). The Labute approximate surface area is 127 Å². The minimum atomic E-state index is 0.556. The zero-order valence-corrected chi connectivity index (χ0v) is 13.2. The van der Waals surface area contributed by atoms with Gasteiger partial charge in [0, 0.05) is 24.8 Å². The molecular formula is C17H27NO3. The molecule has 0 heterocycles. The molecule has 0 bridgehead atoms. The number of para-hydroxylation sites is 1. The maximum atomic E-state index is 5.90. The molecule has 0 atom stereocenters. The van der Waals surface area contributed by atoms with Crippen LogP contribution in [0.4, 0.5) is 0 Å². The Balaban J connectivity index is 1.84. The largest absolute Gasteiger partial charge is 0.493 e. The zero-order valence-electron chi connectivity index (χ0n) is 13.2. The number of methoxy groups -OCH3 is 1. The minimum Gasteiger partial charge on any atom is -0.493 e. The molecule has 4 nitrogen and oxygen atoms in total. The van der Waals surface area contributed by atoms with E-state index in [1.54, 1.807) is 7.11 Å². The number of rotatable bonds is 11. The average molecular weight is 293 g/mol. The van der Waals surface area contributed by atoms with Crippen molar-refractivity contribution in [1.82, 2.24) is 5.32 Å². The first-order chi connectivity index (χ1) is 10.3. The predicted octanol–water partition coefficient (Wildman–Crippen LogP) is 3.14. The van der Waals surface area contributed by atoms with Crippen LogP contribution in [0.15, 0.2) is 18.2 Å². The Hall–Kier alpha value is -1.26. The van der Waals surface area contributed by atoms with Crippen molar-refractivity contribution in [3.05, 3.63) is 23.8 Å². The maximum Gasteiger partial charge on any atom is 0.165 e. The van der Waals surface area contributed by atoms with Crippen LogP contribution in [0.5, 0.6) is 11.5 Å². The third kappa shape index (κ3) is 5.56. The lowest BCUT2D eigenvalue weighted by Crippen LogP contribution is -2.17. The van der Waals surface area contributed by atoms with Crippen LogP contribution in [0.2, 0.25) is 0 Å². The zero-order chi connectivity index (χ0) is 14.9. The molecule has 1 aromatic rings. The SMILES string of the molecule is CCCCOCCOc1c(CNC2CC2)cccc1OC. The molecule has 1 aliphatic rings. The number of unbranched alkanes of at least 4 members (excludes halogenated alkanes) is 1. The van der Waals surface area contributed by atoms with E-state index in [-0.39, 0.29) is 0 Å². The van der Waals surface area contributed by atoms with Crippen LogP contribution in [-0.2, 0) is 11.3 Å². The molecule has 21 heavy (non-hydrogen) atoms. The number of hydrogen-bond acceptors (Lipinski definition) is 4. The van der Waals surface area contributed by atoms with E-state index in [0.717, 1.165) is 43.1 Å². The highest BCUT2D eigenvalue weighted by Gasteiger charge is 2.21. The molecule has 0 spiro atoms. The lowest BCUT2D eigenvalue weighted by molar-refractivity contribution is 0.0966. The Morgan fingerprint density at radius 2 is 2.05 bits per heavy atom. The van der Waals surface area contributed by atoms with Crippen molar-refractivity contribution in [3.8, 4) is 11.5 Å². The van der Waals surface area contributed by atoms with Gasteiger partial charge in [-0.25, -0.2) is 0 Å². The van der Waals surface area contributed by atoms with Crippen LogP contribution in [0.25, 0.3) is 0 Å². The standard InChI is InChI=1S/C17H27NO3/c1-3-4-10-20-11-12-21-17-14(13-18-15-8-9-15)6-5-7-16(17)19-2/h5-7,15,18H,3-4,8-13H2,1-2H3. The van der Waals surface area contributed by atoms with E-state index >= 15 is 0 Å². The van der Waals surface area contributed by atoms with E-state index in [2.05, 4.69) is 18.3 Å². The van der Waals surface area contributed by atoms with E-state index in [1.165, 1.54) is 12.8 Å². The fraction of sp³-hybridized carbons (Fsp3) is 0.647. The van der Waals surface area contributed by atoms with Crippen LogP contribution in [0.3, 0.4) is 0 Å². The number of hydrogen-bond donors (Lipinski definition) is 1. The minimum absolute atomic E-state index is 0.556. The summed E-state index contributed by atoms with van der Waals surface area (Å²) in [6, 6.07) is 6.72. The summed E-state index contributed by atoms with van der Waals surface area (Å²) >= 11 is 0. The first kappa shape index (κ1) is 16.1. The Morgan fingerprint density at radius 3 is 2.76 bits per heavy atom. The number of benzene rings is 1. The van der Waals surface area contributed by atoms with Crippen molar-refractivity contribution in [2.75, 3.05) is 26.9 Å². The molecule has 4 heteroatoms. The quantitative estimate of drug-likeness (QED) is 0.636. The molecule has 0 unspecified atom stereocenters. The van der Waals surface area contributed by atoms with Gasteiger partial charge in [-0.1, -0.05) is 25.5 Å². The maximum absolute atomic E-state index is 5.90. The van der Waals surface area contributed by atoms with Gasteiger partial charge in [-0.3, -0.25) is 0 Å². The molecule has 0 saturated heterocycles. The number of nitrogens with one attached hydrogen (secondary N) is 1. The molecule has 118 valence electrons. The summed E-state index contributed by atoms with van der Waals surface area (Å²) in [6.45, 7) is 4.97. The van der Waals surface area contributed by atoms with Crippen molar-refractivity contribution >= 4 is 0 Å². The highest BCUT2D eigenvalue weighted by Crippen LogP contribution is 2.31. The Morgan fingerprint density at radius 1 is 1.19 bits per heavy atom. The highest BCUT2D eigenvalue weighted by molar-refractivity contribution is 5.46. The summed E-state index contributed by atoms with van der Waals surface area (Å²) in [7, 11) is 1.68. The van der Waals surface area contributed by atoms with Crippen LogP contribution in [0, 0.1) is 0 Å². The van der Waals surface area contributed by atoms with E-state index in [0.29, 0.717) is 19.3 Å². The summed E-state index contributed by atoms with van der Waals surface area (Å²) in [5, 5.41) is 3.52. The molecule has 0 amide bonds. The fourth-order valence-corrected chi connectivity index (χ4v) is 2.12. The van der Waals surface area contributed by atoms with Gasteiger partial charge in [-0.15, -0.1) is 0 Å². The summed E-state index contributed by atoms with van der Waals surface area (Å²) in [5.74, 6) is 1.63. The van der Waals surface area contributed by atoms with Gasteiger partial charge in [0.05, 0.1) is 13.7 Å². The predicted molar refractivity (Wildman–Crippen MR) is 84.1 cm³/mol. The van der Waals surface area contributed by atoms with Crippen LogP contribution >= 0.6 is 0 Å². The lowest BCUT2D eigenvalue weighted by atomic mass is 10.2. The molecule has 1 N–H and O–H groups in total. The summed E-state index contributed by atoms with van der Waals surface area (Å²) in [6.07, 6.45) is 4.83. The summed E-state index contributed by atoms with van der Waals surface area (Å²) in [5.41, 5.74) is 1.15. The smallest absolute Gasteiger partial charge is 0.165 e. The van der Waals surface area contributed by atoms with E-state index in [9.17, 15) is 0 Å². The van der Waals surface area contributed by atoms with Crippen molar-refractivity contribution in [3.63, 3.8) is 0 Å². The summed E-state index contributed by atoms with van der Waals surface area (Å²) in [4.78, 5) is 0. The second-order valence-electron chi connectivity index (χ2n) is 5.42. The van der Waals surface area contributed by atoms with Gasteiger partial charge >= 0.3 is 0 Å². The van der Waals surface area contributed by atoms with Crippen LogP contribution < -0.4 is 14.8 Å². The van der Waals surface area contributed by atoms with E-state index in [1.807, 2.05) is 12.1 Å². The molecule has 1 saturated carbocycles. The second-order valence-corrected chi connectivity index (χ2v) is 5.42. The van der Waals surface area contributed by atoms with Gasteiger partial charge < -0.3 is 19.5 Å². The molecular weight excluding hydrogens is 266 g/mol. The van der Waals surface area contributed by atoms with Gasteiger partial charge in [-0.2, -0.15) is 0 Å². The molecule has 1 fully saturated rings. The van der Waals surface area contributed by atoms with Crippen LogP contribution in [0.1, 0.15) is 38.2 Å². The topological polar surface area (TPSA) is 39.7 Å². The first-order valence-electron chi connectivity index (χ1n) is 7.95. The third-order valence-electron chi connectivity index (χ3n) is 3.56. The first-order valence-corrected chi connectivity index (χ1v) is 7.95. The van der Waals surface area contributed by atoms with Crippen molar-refractivity contribution in [1.29, 1.82) is 0 Å². The van der Waals surface area contributed by atoms with E-state index < -0.39 is 0 Å². The van der Waals surface area contributed by atoms with Crippen molar-refractivity contribution in [2.45, 2.75) is 45.2 Å². The van der Waals surface area contributed by atoms with E-state index in [4.69, 9.17) is 14.2 Å². The van der Waals surface area contributed by atoms with Crippen molar-refractivity contribution in [2.24, 2.45) is 0 Å². The third-order valence-corrected chi connectivity index (χ3v) is 3.56. The second kappa shape index (κ2) is 8.90. The fourth-order valence-electron chi connectivity index (χ4n) is 2.12. The molecule has 0 radical (unpaired) electrons. The Kier molecular flexibility index (Phi) is 6.83. The molecule has 0 aromatic heterocycles. The average Bonchev–Trinajstić information content (AvgIpc) is 3.33. The molecule has 1 aromatic carbocycles. The van der Waals surface area contributed by atoms with Gasteiger partial charge in [0.1, 0.15) is 6.61 Å². The summed E-state index contributed by atoms with van der Waals surface area (Å²) < 4.78 is 16.8. The van der Waals surface area contributed by atoms with Crippen molar-refractivity contribution < 1.29 is 14.2 Å². The Bertz CT molecular complexity index is 418. The normalized spacial score (nSPS) is 14.2. The monoisotopic (exact) mass is 293 g/mol. The van der Waals surface area contributed by atoms with Gasteiger partial charge in [0.25, 0.3) is 0 Å².